The maximum atomic E-state index is 13.4. The number of para-hydroxylation sites is 1. The Kier molecular flexibility index (Phi) is 6.00. The summed E-state index contributed by atoms with van der Waals surface area (Å²) < 4.78 is 5.51. The molecule has 1 amide bonds. The number of ketones is 1. The molecule has 1 N–H and O–H groups in total. The first-order valence-electron chi connectivity index (χ1n) is 11.1. The molecule has 2 heterocycles. The fourth-order valence-electron chi connectivity index (χ4n) is 4.27. The second kappa shape index (κ2) is 8.78. The number of carbonyl (C=O) groups is 2. The van der Waals surface area contributed by atoms with E-state index in [0.717, 1.165) is 11.1 Å². The zero-order valence-electron chi connectivity index (χ0n) is 20.0. The van der Waals surface area contributed by atoms with Crippen LogP contribution in [-0.2, 0) is 15.0 Å². The predicted molar refractivity (Wildman–Crippen MR) is 132 cm³/mol. The zero-order chi connectivity index (χ0) is 24.6. The van der Waals surface area contributed by atoms with E-state index < -0.39 is 17.7 Å². The van der Waals surface area contributed by atoms with E-state index in [4.69, 9.17) is 4.74 Å². The largest absolute Gasteiger partial charge is 0.507 e. The highest BCUT2D eigenvalue weighted by molar-refractivity contribution is 6.51. The van der Waals surface area contributed by atoms with Gasteiger partial charge in [0.05, 0.1) is 24.3 Å². The average Bonchev–Trinajstić information content (AvgIpc) is 3.09. The Hall–Kier alpha value is -3.93. The van der Waals surface area contributed by atoms with Gasteiger partial charge in [-0.15, -0.1) is 0 Å². The van der Waals surface area contributed by atoms with Gasteiger partial charge in [0, 0.05) is 18.1 Å². The topological polar surface area (TPSA) is 79.7 Å². The normalized spacial score (nSPS) is 17.8. The van der Waals surface area contributed by atoms with Gasteiger partial charge < -0.3 is 9.84 Å². The third-order valence-corrected chi connectivity index (χ3v) is 6.14. The molecule has 1 atom stereocenters. The number of Topliss-reactive ketones (excluding diaryl/α,β-unsaturated/α-hetero) is 1. The summed E-state index contributed by atoms with van der Waals surface area (Å²) in [6.45, 7) is 8.06. The third-order valence-electron chi connectivity index (χ3n) is 6.14. The molecule has 3 aromatic rings. The van der Waals surface area contributed by atoms with E-state index in [1.807, 2.05) is 37.3 Å². The van der Waals surface area contributed by atoms with Gasteiger partial charge in [-0.05, 0) is 53.3 Å². The fraction of sp³-hybridized carbons (Fsp3) is 0.250. The summed E-state index contributed by atoms with van der Waals surface area (Å²) in [6.07, 6.45) is 3.23. The number of amides is 1. The number of carbonyl (C=O) groups excluding carboxylic acids is 2. The van der Waals surface area contributed by atoms with Crippen LogP contribution in [0.2, 0.25) is 0 Å². The summed E-state index contributed by atoms with van der Waals surface area (Å²) in [5, 5.41) is 11.6. The van der Waals surface area contributed by atoms with Crippen LogP contribution in [0.15, 0.2) is 72.6 Å². The number of methoxy groups -OCH3 is 1. The minimum Gasteiger partial charge on any atom is -0.507 e. The molecule has 1 fully saturated rings. The van der Waals surface area contributed by atoms with Gasteiger partial charge in [-0.1, -0.05) is 51.1 Å². The van der Waals surface area contributed by atoms with Crippen molar-refractivity contribution in [1.29, 1.82) is 0 Å². The molecule has 1 aromatic heterocycles. The van der Waals surface area contributed by atoms with E-state index in [9.17, 15) is 14.7 Å². The van der Waals surface area contributed by atoms with Crippen LogP contribution in [-0.4, -0.2) is 28.9 Å². The molecule has 1 saturated heterocycles. The number of aliphatic hydroxyl groups is 1. The molecule has 0 spiro atoms. The average molecular weight is 457 g/mol. The van der Waals surface area contributed by atoms with Gasteiger partial charge in [0.2, 0.25) is 0 Å². The number of pyridine rings is 1. The number of aliphatic hydroxyl groups excluding tert-OH is 1. The lowest BCUT2D eigenvalue weighted by Gasteiger charge is -2.27. The first-order chi connectivity index (χ1) is 16.1. The number of ether oxygens (including phenoxy) is 1. The van der Waals surface area contributed by atoms with Crippen LogP contribution < -0.4 is 9.64 Å². The van der Waals surface area contributed by atoms with Gasteiger partial charge in [0.25, 0.3) is 11.7 Å². The lowest BCUT2D eigenvalue weighted by Crippen LogP contribution is -2.30. The van der Waals surface area contributed by atoms with E-state index in [1.165, 1.54) is 12.0 Å². The van der Waals surface area contributed by atoms with Gasteiger partial charge in [0.15, 0.2) is 0 Å². The summed E-state index contributed by atoms with van der Waals surface area (Å²) in [5.74, 6) is -1.31. The van der Waals surface area contributed by atoms with Crippen molar-refractivity contribution in [2.75, 3.05) is 12.0 Å². The van der Waals surface area contributed by atoms with Crippen molar-refractivity contribution in [3.05, 3.63) is 94.8 Å². The molecule has 0 radical (unpaired) electrons. The minimum absolute atomic E-state index is 0.00520. The monoisotopic (exact) mass is 456 g/mol. The molecule has 6 heteroatoms. The lowest BCUT2D eigenvalue weighted by atomic mass is 9.85. The van der Waals surface area contributed by atoms with Crippen molar-refractivity contribution >= 4 is 23.1 Å². The Morgan fingerprint density at radius 3 is 2.41 bits per heavy atom. The lowest BCUT2D eigenvalue weighted by molar-refractivity contribution is -0.132. The van der Waals surface area contributed by atoms with Crippen LogP contribution >= 0.6 is 0 Å². The molecule has 2 aromatic carbocycles. The van der Waals surface area contributed by atoms with E-state index in [2.05, 4.69) is 25.8 Å². The summed E-state index contributed by atoms with van der Waals surface area (Å²) in [5.41, 5.74) is 3.20. The smallest absolute Gasteiger partial charge is 0.300 e. The summed E-state index contributed by atoms with van der Waals surface area (Å²) in [7, 11) is 1.51. The molecular weight excluding hydrogens is 428 g/mol. The molecule has 174 valence electrons. The number of hydrogen-bond acceptors (Lipinski definition) is 5. The van der Waals surface area contributed by atoms with Crippen LogP contribution in [0.1, 0.15) is 49.1 Å². The number of aromatic nitrogens is 1. The van der Waals surface area contributed by atoms with Crippen LogP contribution in [0.25, 0.3) is 5.76 Å². The van der Waals surface area contributed by atoms with Gasteiger partial charge in [-0.2, -0.15) is 0 Å². The van der Waals surface area contributed by atoms with Crippen LogP contribution in [0.5, 0.6) is 5.75 Å². The summed E-state index contributed by atoms with van der Waals surface area (Å²) in [6, 6.07) is 15.6. The van der Waals surface area contributed by atoms with Crippen molar-refractivity contribution in [3.63, 3.8) is 0 Å². The highest BCUT2D eigenvalue weighted by Crippen LogP contribution is 2.44. The van der Waals surface area contributed by atoms with Gasteiger partial charge in [-0.25, -0.2) is 0 Å². The molecule has 1 aliphatic heterocycles. The third kappa shape index (κ3) is 3.96. The second-order valence-electron chi connectivity index (χ2n) is 9.41. The number of nitrogens with zero attached hydrogens (tertiary/aromatic N) is 2. The maximum absolute atomic E-state index is 13.4. The van der Waals surface area contributed by atoms with Crippen LogP contribution in [0.4, 0.5) is 5.69 Å². The summed E-state index contributed by atoms with van der Waals surface area (Å²) in [4.78, 5) is 32.4. The Balaban J connectivity index is 2.00. The molecule has 34 heavy (non-hydrogen) atoms. The van der Waals surface area contributed by atoms with Gasteiger partial charge in [0.1, 0.15) is 11.5 Å². The minimum atomic E-state index is -0.835. The van der Waals surface area contributed by atoms with Crippen molar-refractivity contribution in [3.8, 4) is 5.75 Å². The van der Waals surface area contributed by atoms with Crippen LogP contribution in [0.3, 0.4) is 0 Å². The quantitative estimate of drug-likeness (QED) is 0.326. The van der Waals surface area contributed by atoms with Crippen LogP contribution in [0, 0.1) is 6.92 Å². The molecule has 6 nitrogen and oxygen atoms in total. The van der Waals surface area contributed by atoms with E-state index in [0.29, 0.717) is 22.6 Å². The SMILES string of the molecule is COc1ccc(C(C)(C)C)cc1/C(O)=C1\C(=O)C(=O)N(c2ccccc2C)C1c1cccnc1. The number of anilines is 1. The predicted octanol–water partition coefficient (Wildman–Crippen LogP) is 5.32. The molecular formula is C28H28N2O4. The molecule has 0 bridgehead atoms. The van der Waals surface area contributed by atoms with Crippen molar-refractivity contribution < 1.29 is 19.4 Å². The standard InChI is InChI=1S/C28H28N2O4/c1-17-9-6-7-11-21(17)30-24(18-10-8-14-29-16-18)23(26(32)27(30)33)25(31)20-15-19(28(2,3)4)12-13-22(20)34-5/h6-16,24,31H,1-5H3/b25-23+. The number of benzene rings is 2. The van der Waals surface area contributed by atoms with Crippen molar-refractivity contribution in [2.45, 2.75) is 39.2 Å². The molecule has 0 saturated carbocycles. The van der Waals surface area contributed by atoms with Crippen molar-refractivity contribution in [2.24, 2.45) is 0 Å². The molecule has 4 rings (SSSR count). The number of hydrogen-bond donors (Lipinski definition) is 1. The highest BCUT2D eigenvalue weighted by atomic mass is 16.5. The molecule has 1 aliphatic rings. The molecule has 0 aliphatic carbocycles. The Bertz CT molecular complexity index is 1290. The zero-order valence-corrected chi connectivity index (χ0v) is 20.0. The first-order valence-corrected chi connectivity index (χ1v) is 11.1. The van der Waals surface area contributed by atoms with E-state index in [1.54, 1.807) is 36.7 Å². The van der Waals surface area contributed by atoms with Gasteiger partial charge >= 0.3 is 0 Å². The van der Waals surface area contributed by atoms with Gasteiger partial charge in [-0.3, -0.25) is 19.5 Å². The fourth-order valence-corrected chi connectivity index (χ4v) is 4.27. The highest BCUT2D eigenvalue weighted by Gasteiger charge is 2.47. The Labute approximate surface area is 199 Å². The number of aryl methyl sites for hydroxylation is 1. The summed E-state index contributed by atoms with van der Waals surface area (Å²) >= 11 is 0. The molecule has 1 unspecified atom stereocenters. The Morgan fingerprint density at radius 1 is 1.06 bits per heavy atom. The second-order valence-corrected chi connectivity index (χ2v) is 9.41. The van der Waals surface area contributed by atoms with E-state index in [-0.39, 0.29) is 16.7 Å². The first kappa shape index (κ1) is 23.2. The Morgan fingerprint density at radius 2 is 1.79 bits per heavy atom. The van der Waals surface area contributed by atoms with Crippen molar-refractivity contribution in [1.82, 2.24) is 4.98 Å². The maximum Gasteiger partial charge on any atom is 0.300 e. The van der Waals surface area contributed by atoms with E-state index >= 15 is 0 Å². The number of rotatable bonds is 4.